The molecule has 2 atom stereocenters. The Bertz CT molecular complexity index is 765. The molecule has 0 bridgehead atoms. The standard InChI is InChI=1S/C23H35N4O3P/c1-6-16-30-27-22(19(4)23(28)29)25-17-31(24-5)21(26-18(3)7-2)15-11-14-20-12-9-8-10-13-20/h8-10,12-13,18H,4-7,11,14-17H2,1-3H3,(H,25,27)(H,28,29). The summed E-state index contributed by atoms with van der Waals surface area (Å²) in [6.07, 6.45) is 4.70. The number of aliphatic imine (C=N–C) groups is 2. The predicted molar refractivity (Wildman–Crippen MR) is 131 cm³/mol. The van der Waals surface area contributed by atoms with Gasteiger partial charge in [-0.1, -0.05) is 50.8 Å². The van der Waals surface area contributed by atoms with Gasteiger partial charge in [-0.15, -0.1) is 0 Å². The van der Waals surface area contributed by atoms with Gasteiger partial charge in [-0.2, -0.15) is 0 Å². The molecule has 0 amide bonds. The Labute approximate surface area is 187 Å². The molecule has 1 rings (SSSR count). The zero-order valence-electron chi connectivity index (χ0n) is 18.9. The Morgan fingerprint density at radius 3 is 2.58 bits per heavy atom. The summed E-state index contributed by atoms with van der Waals surface area (Å²) in [7, 11) is -1.09. The summed E-state index contributed by atoms with van der Waals surface area (Å²) in [5.41, 5.74) is 4.74. The molecule has 1 aromatic carbocycles. The molecule has 0 heterocycles. The first-order valence-corrected chi connectivity index (χ1v) is 12.1. The van der Waals surface area contributed by atoms with Crippen LogP contribution in [0.4, 0.5) is 0 Å². The number of aryl methyl sites for hydroxylation is 1. The molecule has 0 aliphatic rings. The fraction of sp³-hybridized carbons (Fsp3) is 0.478. The summed E-state index contributed by atoms with van der Waals surface area (Å²) in [5, 5.41) is 9.29. The molecular weight excluding hydrogens is 411 g/mol. The van der Waals surface area contributed by atoms with E-state index in [1.54, 1.807) is 0 Å². The maximum absolute atomic E-state index is 11.4. The summed E-state index contributed by atoms with van der Waals surface area (Å²) in [6, 6.07) is 10.5. The zero-order chi connectivity index (χ0) is 23.1. The second-order valence-corrected chi connectivity index (χ2v) is 8.95. The van der Waals surface area contributed by atoms with Crippen molar-refractivity contribution in [2.75, 3.05) is 12.9 Å². The van der Waals surface area contributed by atoms with Crippen molar-refractivity contribution in [3.05, 3.63) is 48.0 Å². The van der Waals surface area contributed by atoms with Crippen molar-refractivity contribution in [3.63, 3.8) is 0 Å². The molecule has 2 N–H and O–H groups in total. The Hall–Kier alpha value is -2.37. The number of hydroxylamine groups is 1. The largest absolute Gasteiger partial charge is 0.478 e. The molecule has 31 heavy (non-hydrogen) atoms. The van der Waals surface area contributed by atoms with E-state index in [1.807, 2.05) is 25.1 Å². The van der Waals surface area contributed by atoms with Gasteiger partial charge in [0.15, 0.2) is 5.84 Å². The van der Waals surface area contributed by atoms with E-state index in [-0.39, 0.29) is 23.7 Å². The highest BCUT2D eigenvalue weighted by Crippen LogP contribution is 2.41. The minimum Gasteiger partial charge on any atom is -0.478 e. The van der Waals surface area contributed by atoms with E-state index in [0.717, 1.165) is 37.6 Å². The highest BCUT2D eigenvalue weighted by atomic mass is 31.1. The summed E-state index contributed by atoms with van der Waals surface area (Å²) < 4.78 is 4.31. The van der Waals surface area contributed by atoms with Crippen LogP contribution >= 0.6 is 8.07 Å². The number of carboxylic acid groups (broad SMARTS) is 1. The number of amidine groups is 1. The molecule has 8 heteroatoms. The Morgan fingerprint density at radius 2 is 2.00 bits per heavy atom. The average Bonchev–Trinajstić information content (AvgIpc) is 2.78. The van der Waals surface area contributed by atoms with E-state index in [1.165, 1.54) is 5.56 Å². The fourth-order valence-electron chi connectivity index (χ4n) is 2.56. The zero-order valence-corrected chi connectivity index (χ0v) is 19.8. The number of rotatable bonds is 15. The second kappa shape index (κ2) is 15.4. The molecule has 0 saturated carbocycles. The minimum atomic E-state index is -1.15. The number of benzene rings is 1. The van der Waals surface area contributed by atoms with Gasteiger partial charge >= 0.3 is 5.97 Å². The topological polar surface area (TPSA) is 95.6 Å². The predicted octanol–water partition coefficient (Wildman–Crippen LogP) is 5.23. The lowest BCUT2D eigenvalue weighted by atomic mass is 10.1. The number of hydrogen-bond donors (Lipinski definition) is 2. The van der Waals surface area contributed by atoms with Crippen molar-refractivity contribution in [1.29, 1.82) is 0 Å². The molecule has 1 aromatic rings. The van der Waals surface area contributed by atoms with Crippen molar-refractivity contribution in [2.45, 2.75) is 58.9 Å². The number of aliphatic carboxylic acids is 1. The van der Waals surface area contributed by atoms with Crippen LogP contribution in [0.3, 0.4) is 0 Å². The third-order valence-corrected chi connectivity index (χ3v) is 6.21. The normalized spacial score (nSPS) is 14.0. The smallest absolute Gasteiger partial charge is 0.338 e. The quantitative estimate of drug-likeness (QED) is 0.0963. The van der Waals surface area contributed by atoms with Gasteiger partial charge in [-0.25, -0.2) is 10.3 Å². The lowest BCUT2D eigenvalue weighted by molar-refractivity contribution is -0.132. The van der Waals surface area contributed by atoms with Gasteiger partial charge in [-0.05, 0) is 51.3 Å². The van der Waals surface area contributed by atoms with E-state index in [0.29, 0.717) is 6.61 Å². The van der Waals surface area contributed by atoms with Gasteiger partial charge in [-0.3, -0.25) is 19.6 Å². The molecule has 0 aliphatic carbocycles. The lowest BCUT2D eigenvalue weighted by Crippen LogP contribution is -2.29. The Kier molecular flexibility index (Phi) is 13.3. The summed E-state index contributed by atoms with van der Waals surface area (Å²) in [4.78, 5) is 25.9. The van der Waals surface area contributed by atoms with Crippen LogP contribution in [-0.2, 0) is 16.1 Å². The van der Waals surface area contributed by atoms with Gasteiger partial charge in [0.2, 0.25) is 0 Å². The van der Waals surface area contributed by atoms with Crippen molar-refractivity contribution in [2.24, 2.45) is 14.7 Å². The van der Waals surface area contributed by atoms with Gasteiger partial charge < -0.3 is 5.11 Å². The van der Waals surface area contributed by atoms with Crippen molar-refractivity contribution < 1.29 is 14.7 Å². The summed E-state index contributed by atoms with van der Waals surface area (Å²) in [5.74, 6) is -1.05. The first-order chi connectivity index (χ1) is 14.9. The van der Waals surface area contributed by atoms with E-state index in [4.69, 9.17) is 9.83 Å². The second-order valence-electron chi connectivity index (χ2n) is 7.07. The molecule has 7 nitrogen and oxygen atoms in total. The van der Waals surface area contributed by atoms with Crippen LogP contribution in [0.15, 0.2) is 57.2 Å². The van der Waals surface area contributed by atoms with Gasteiger partial charge in [0.05, 0.1) is 32.0 Å². The van der Waals surface area contributed by atoms with E-state index < -0.39 is 14.0 Å². The van der Waals surface area contributed by atoms with E-state index in [9.17, 15) is 9.90 Å². The molecule has 0 fully saturated rings. The van der Waals surface area contributed by atoms with Crippen LogP contribution in [0.5, 0.6) is 0 Å². The fourth-order valence-corrected chi connectivity index (χ4v) is 4.00. The highest BCUT2D eigenvalue weighted by molar-refractivity contribution is 7.74. The number of nitrogens with one attached hydrogen (secondary N) is 1. The molecular formula is C23H35N4O3P. The molecule has 0 aliphatic heterocycles. The highest BCUT2D eigenvalue weighted by Gasteiger charge is 2.18. The van der Waals surface area contributed by atoms with Crippen LogP contribution in [0.25, 0.3) is 0 Å². The van der Waals surface area contributed by atoms with Gasteiger partial charge in [0, 0.05) is 6.04 Å². The Balaban J connectivity index is 2.94. The average molecular weight is 447 g/mol. The lowest BCUT2D eigenvalue weighted by Gasteiger charge is -2.17. The van der Waals surface area contributed by atoms with Crippen LogP contribution < -0.4 is 5.48 Å². The first-order valence-electron chi connectivity index (χ1n) is 10.6. The first kappa shape index (κ1) is 26.7. The van der Waals surface area contributed by atoms with Crippen LogP contribution in [0, 0.1) is 0 Å². The summed E-state index contributed by atoms with van der Waals surface area (Å²) in [6.45, 7) is 13.9. The molecule has 0 radical (unpaired) electrons. The van der Waals surface area contributed by atoms with E-state index in [2.05, 4.69) is 54.5 Å². The third kappa shape index (κ3) is 10.5. The minimum absolute atomic E-state index is 0.101. The van der Waals surface area contributed by atoms with Crippen molar-refractivity contribution in [3.8, 4) is 0 Å². The van der Waals surface area contributed by atoms with Crippen LogP contribution in [-0.4, -0.2) is 48.0 Å². The van der Waals surface area contributed by atoms with Crippen molar-refractivity contribution in [1.82, 2.24) is 5.48 Å². The maximum Gasteiger partial charge on any atom is 0.338 e. The van der Waals surface area contributed by atoms with E-state index >= 15 is 0 Å². The molecule has 2 unspecified atom stereocenters. The molecule has 0 spiro atoms. The van der Waals surface area contributed by atoms with Crippen LogP contribution in [0.2, 0.25) is 0 Å². The van der Waals surface area contributed by atoms with Gasteiger partial charge in [0.25, 0.3) is 0 Å². The number of hydrogen-bond acceptors (Lipinski definition) is 5. The Morgan fingerprint density at radius 1 is 1.29 bits per heavy atom. The SMILES string of the molecule is C=NP(CN=C(NOCCC)C(=C)C(=O)O)C(CCCc1ccccc1)=NC(C)CC. The van der Waals surface area contributed by atoms with Crippen molar-refractivity contribution >= 4 is 32.0 Å². The number of nitrogens with zero attached hydrogens (tertiary/aromatic N) is 3. The molecule has 0 saturated heterocycles. The third-order valence-electron chi connectivity index (χ3n) is 4.52. The van der Waals surface area contributed by atoms with Gasteiger partial charge in [0.1, 0.15) is 0 Å². The van der Waals surface area contributed by atoms with Crippen LogP contribution in [0.1, 0.15) is 52.0 Å². The maximum atomic E-state index is 11.4. The summed E-state index contributed by atoms with van der Waals surface area (Å²) >= 11 is 0. The number of carboxylic acids is 1. The molecule has 170 valence electrons. The monoisotopic (exact) mass is 446 g/mol. The number of carbonyl (C=O) groups is 1. The molecule has 0 aromatic heterocycles.